The van der Waals surface area contributed by atoms with Gasteiger partial charge in [-0.3, -0.25) is 9.78 Å². The van der Waals surface area contributed by atoms with Crippen molar-refractivity contribution in [2.45, 2.75) is 11.3 Å². The molecule has 2 aromatic rings. The predicted molar refractivity (Wildman–Crippen MR) is 79.1 cm³/mol. The van der Waals surface area contributed by atoms with Gasteiger partial charge in [0.05, 0.1) is 23.6 Å². The van der Waals surface area contributed by atoms with Gasteiger partial charge in [-0.15, -0.1) is 0 Å². The molecule has 1 N–H and O–H groups in total. The first-order chi connectivity index (χ1) is 10.9. The van der Waals surface area contributed by atoms with Crippen LogP contribution in [0.3, 0.4) is 0 Å². The lowest BCUT2D eigenvalue weighted by molar-refractivity contribution is -0.118. The minimum atomic E-state index is -4.09. The highest BCUT2D eigenvalue weighted by atomic mass is 32.2. The summed E-state index contributed by atoms with van der Waals surface area (Å²) in [5, 5.41) is 17.4. The molecule has 0 aliphatic rings. The summed E-state index contributed by atoms with van der Waals surface area (Å²) in [5.41, 5.74) is 1.09. The van der Waals surface area contributed by atoms with Crippen LogP contribution in [0.1, 0.15) is 16.7 Å². The van der Waals surface area contributed by atoms with Crippen molar-refractivity contribution in [3.8, 4) is 12.1 Å². The zero-order valence-electron chi connectivity index (χ0n) is 11.7. The minimum absolute atomic E-state index is 0.0763. The van der Waals surface area contributed by atoms with Crippen molar-refractivity contribution < 1.29 is 13.2 Å². The van der Waals surface area contributed by atoms with E-state index in [0.717, 1.165) is 12.3 Å². The molecule has 0 atom stereocenters. The van der Waals surface area contributed by atoms with Gasteiger partial charge in [0.1, 0.15) is 11.0 Å². The largest absolute Gasteiger partial charge is 0.274 e. The second kappa shape index (κ2) is 6.69. The maximum atomic E-state index is 12.1. The van der Waals surface area contributed by atoms with Gasteiger partial charge >= 0.3 is 0 Å². The third-order valence-corrected chi connectivity index (χ3v) is 4.19. The van der Waals surface area contributed by atoms with Crippen LogP contribution >= 0.6 is 0 Å². The number of nitriles is 2. The Hall–Kier alpha value is -3.23. The van der Waals surface area contributed by atoms with Crippen LogP contribution in [0.4, 0.5) is 0 Å². The number of nitrogens with one attached hydrogen (secondary N) is 1. The fraction of sp³-hybridized carbons (Fsp3) is 0.0667. The average Bonchev–Trinajstić information content (AvgIpc) is 2.55. The summed E-state index contributed by atoms with van der Waals surface area (Å²) in [4.78, 5) is 15.3. The normalized spacial score (nSPS) is 10.3. The van der Waals surface area contributed by atoms with Crippen molar-refractivity contribution in [1.82, 2.24) is 9.71 Å². The van der Waals surface area contributed by atoms with E-state index in [1.54, 1.807) is 18.2 Å². The third-order valence-electron chi connectivity index (χ3n) is 2.85. The van der Waals surface area contributed by atoms with Crippen LogP contribution < -0.4 is 4.72 Å². The molecule has 0 radical (unpaired) electrons. The van der Waals surface area contributed by atoms with Crippen LogP contribution in [0.25, 0.3) is 0 Å². The number of rotatable bonds is 4. The summed E-state index contributed by atoms with van der Waals surface area (Å²) in [6, 6.07) is 11.1. The molecule has 2 rings (SSSR count). The van der Waals surface area contributed by atoms with Crippen LogP contribution in [0.5, 0.6) is 0 Å². The zero-order valence-corrected chi connectivity index (χ0v) is 12.5. The molecule has 0 spiro atoms. The number of pyridine rings is 1. The van der Waals surface area contributed by atoms with Gasteiger partial charge in [-0.05, 0) is 23.8 Å². The highest BCUT2D eigenvalue weighted by molar-refractivity contribution is 7.90. The van der Waals surface area contributed by atoms with Crippen LogP contribution in [0, 0.1) is 22.7 Å². The van der Waals surface area contributed by atoms with Gasteiger partial charge in [0, 0.05) is 12.4 Å². The maximum absolute atomic E-state index is 12.1. The molecule has 8 heteroatoms. The maximum Gasteiger partial charge on any atom is 0.265 e. The molecule has 1 amide bonds. The van der Waals surface area contributed by atoms with Gasteiger partial charge in [0.25, 0.3) is 10.0 Å². The lowest BCUT2D eigenvalue weighted by atomic mass is 10.1. The van der Waals surface area contributed by atoms with Crippen molar-refractivity contribution in [3.63, 3.8) is 0 Å². The molecule has 7 nitrogen and oxygen atoms in total. The highest BCUT2D eigenvalue weighted by Crippen LogP contribution is 2.10. The fourth-order valence-corrected chi connectivity index (χ4v) is 2.73. The topological polar surface area (TPSA) is 124 Å². The first kappa shape index (κ1) is 16.1. The quantitative estimate of drug-likeness (QED) is 0.889. The summed E-state index contributed by atoms with van der Waals surface area (Å²) < 4.78 is 26.1. The van der Waals surface area contributed by atoms with E-state index in [0.29, 0.717) is 11.1 Å². The third kappa shape index (κ3) is 4.13. The summed E-state index contributed by atoms with van der Waals surface area (Å²) in [6.07, 6.45) is 2.12. The molecule has 0 aliphatic heterocycles. The Balaban J connectivity index is 2.12. The fourth-order valence-electron chi connectivity index (χ4n) is 1.75. The van der Waals surface area contributed by atoms with E-state index < -0.39 is 15.9 Å². The smallest absolute Gasteiger partial charge is 0.265 e. The van der Waals surface area contributed by atoms with Gasteiger partial charge in [0.15, 0.2) is 0 Å². The van der Waals surface area contributed by atoms with E-state index in [-0.39, 0.29) is 16.9 Å². The van der Waals surface area contributed by atoms with Gasteiger partial charge < -0.3 is 0 Å². The molecule has 1 aromatic carbocycles. The molecule has 23 heavy (non-hydrogen) atoms. The van der Waals surface area contributed by atoms with E-state index in [9.17, 15) is 13.2 Å². The first-order valence-corrected chi connectivity index (χ1v) is 7.83. The number of carbonyl (C=O) groups is 1. The minimum Gasteiger partial charge on any atom is -0.274 e. The van der Waals surface area contributed by atoms with E-state index in [1.807, 2.05) is 10.8 Å². The molecule has 0 fully saturated rings. The van der Waals surface area contributed by atoms with E-state index in [2.05, 4.69) is 4.98 Å². The lowest BCUT2D eigenvalue weighted by Crippen LogP contribution is -2.31. The Morgan fingerprint density at radius 3 is 2.35 bits per heavy atom. The molecule has 0 saturated carbocycles. The Bertz CT molecular complexity index is 922. The number of hydrogen-bond acceptors (Lipinski definition) is 6. The Labute approximate surface area is 132 Å². The average molecular weight is 326 g/mol. The second-order valence-electron chi connectivity index (χ2n) is 4.54. The predicted octanol–water partition coefficient (Wildman–Crippen LogP) is 0.873. The van der Waals surface area contributed by atoms with Crippen LogP contribution in [-0.4, -0.2) is 19.3 Å². The molecule has 0 saturated heterocycles. The molecular formula is C15H10N4O3S. The number of hydrogen-bond donors (Lipinski definition) is 1. The van der Waals surface area contributed by atoms with Gasteiger partial charge in [0.2, 0.25) is 5.91 Å². The molecule has 0 bridgehead atoms. The summed E-state index contributed by atoms with van der Waals surface area (Å²) in [7, 11) is -4.09. The second-order valence-corrected chi connectivity index (χ2v) is 6.22. The van der Waals surface area contributed by atoms with Crippen LogP contribution in [0.2, 0.25) is 0 Å². The van der Waals surface area contributed by atoms with E-state index in [4.69, 9.17) is 10.5 Å². The molecule has 1 heterocycles. The molecular weight excluding hydrogens is 316 g/mol. The number of nitrogens with zero attached hydrogens (tertiary/aromatic N) is 3. The van der Waals surface area contributed by atoms with Gasteiger partial charge in [-0.1, -0.05) is 12.1 Å². The summed E-state index contributed by atoms with van der Waals surface area (Å²) in [5.74, 6) is -0.725. The highest BCUT2D eigenvalue weighted by Gasteiger charge is 2.18. The van der Waals surface area contributed by atoms with Crippen molar-refractivity contribution in [1.29, 1.82) is 10.5 Å². The zero-order chi connectivity index (χ0) is 16.9. The van der Waals surface area contributed by atoms with Gasteiger partial charge in [-0.25, -0.2) is 13.1 Å². The number of sulfonamides is 1. The SMILES string of the molecule is N#Cc1ccc(CC(=O)NS(=O)(=O)c2cncc(C#N)c2)cc1. The molecule has 114 valence electrons. The Morgan fingerprint density at radius 1 is 1.09 bits per heavy atom. The van der Waals surface area contributed by atoms with Crippen molar-refractivity contribution in [2.75, 3.05) is 0 Å². The van der Waals surface area contributed by atoms with Crippen molar-refractivity contribution >= 4 is 15.9 Å². The van der Waals surface area contributed by atoms with E-state index in [1.165, 1.54) is 18.3 Å². The number of amides is 1. The summed E-state index contributed by atoms with van der Waals surface area (Å²) in [6.45, 7) is 0. The van der Waals surface area contributed by atoms with Crippen molar-refractivity contribution in [3.05, 3.63) is 59.4 Å². The monoisotopic (exact) mass is 326 g/mol. The van der Waals surface area contributed by atoms with Crippen LogP contribution in [-0.2, 0) is 21.2 Å². The van der Waals surface area contributed by atoms with E-state index >= 15 is 0 Å². The number of carbonyl (C=O) groups excluding carboxylic acids is 1. The Kier molecular flexibility index (Phi) is 4.69. The van der Waals surface area contributed by atoms with Crippen molar-refractivity contribution in [2.24, 2.45) is 0 Å². The molecule has 1 aromatic heterocycles. The number of benzene rings is 1. The Morgan fingerprint density at radius 2 is 1.74 bits per heavy atom. The molecule has 0 unspecified atom stereocenters. The molecule has 0 aliphatic carbocycles. The van der Waals surface area contributed by atoms with Crippen LogP contribution in [0.15, 0.2) is 47.6 Å². The first-order valence-electron chi connectivity index (χ1n) is 6.34. The standard InChI is InChI=1S/C15H10N4O3S/c16-7-12-3-1-11(2-4-12)6-15(20)19-23(21,22)14-5-13(8-17)9-18-10-14/h1-5,9-10H,6H2,(H,19,20). The van der Waals surface area contributed by atoms with Gasteiger partial charge in [-0.2, -0.15) is 10.5 Å². The summed E-state index contributed by atoms with van der Waals surface area (Å²) >= 11 is 0. The lowest BCUT2D eigenvalue weighted by Gasteiger charge is -2.07. The number of aromatic nitrogens is 1.